The number of aliphatic hydroxyl groups excluding tert-OH is 1. The first-order valence-electron chi connectivity index (χ1n) is 6.96. The van der Waals surface area contributed by atoms with E-state index >= 15 is 0 Å². The normalized spacial score (nSPS) is 14.7. The molecule has 0 amide bonds. The molecule has 0 saturated carbocycles. The minimum Gasteiger partial charge on any atom is -0.396 e. The van der Waals surface area contributed by atoms with Gasteiger partial charge in [0, 0.05) is 32.4 Å². The highest BCUT2D eigenvalue weighted by Crippen LogP contribution is 2.26. The Morgan fingerprint density at radius 2 is 2.22 bits per heavy atom. The van der Waals surface area contributed by atoms with Crippen molar-refractivity contribution in [3.05, 3.63) is 29.3 Å². The van der Waals surface area contributed by atoms with Crippen LogP contribution in [0.15, 0.2) is 18.2 Å². The monoisotopic (exact) mass is 248 g/mol. The summed E-state index contributed by atoms with van der Waals surface area (Å²) >= 11 is 0. The zero-order valence-corrected chi connectivity index (χ0v) is 11.3. The summed E-state index contributed by atoms with van der Waals surface area (Å²) in [6.45, 7) is 3.39. The molecule has 2 N–H and O–H groups in total. The third-order valence-corrected chi connectivity index (χ3v) is 3.59. The third-order valence-electron chi connectivity index (χ3n) is 3.59. The van der Waals surface area contributed by atoms with E-state index in [2.05, 4.69) is 35.5 Å². The van der Waals surface area contributed by atoms with Gasteiger partial charge in [0.05, 0.1) is 0 Å². The Labute approximate surface area is 110 Å². The summed E-state index contributed by atoms with van der Waals surface area (Å²) in [5.74, 6) is 0. The highest BCUT2D eigenvalue weighted by atomic mass is 16.2. The predicted octanol–water partition coefficient (Wildman–Crippen LogP) is 1.93. The van der Waals surface area contributed by atoms with Gasteiger partial charge in [-0.15, -0.1) is 0 Å². The van der Waals surface area contributed by atoms with Crippen LogP contribution in [0.5, 0.6) is 0 Å². The molecular weight excluding hydrogens is 224 g/mol. The number of hydrogen-bond donors (Lipinski definition) is 2. The zero-order chi connectivity index (χ0) is 12.8. The summed E-state index contributed by atoms with van der Waals surface area (Å²) in [6.07, 6.45) is 4.40. The van der Waals surface area contributed by atoms with E-state index in [0.717, 1.165) is 25.9 Å². The van der Waals surface area contributed by atoms with Crippen molar-refractivity contribution in [2.45, 2.75) is 32.2 Å². The largest absolute Gasteiger partial charge is 0.396 e. The molecule has 1 aliphatic heterocycles. The van der Waals surface area contributed by atoms with Crippen molar-refractivity contribution >= 4 is 5.69 Å². The molecule has 18 heavy (non-hydrogen) atoms. The van der Waals surface area contributed by atoms with Crippen molar-refractivity contribution < 1.29 is 5.11 Å². The predicted molar refractivity (Wildman–Crippen MR) is 76.1 cm³/mol. The number of fused-ring (bicyclic) bond motifs is 1. The molecule has 0 atom stereocenters. The molecule has 0 unspecified atom stereocenters. The van der Waals surface area contributed by atoms with Gasteiger partial charge < -0.3 is 15.3 Å². The van der Waals surface area contributed by atoms with E-state index in [1.807, 2.05) is 0 Å². The molecule has 0 bridgehead atoms. The number of rotatable bonds is 6. The number of hydrogen-bond acceptors (Lipinski definition) is 3. The van der Waals surface area contributed by atoms with Crippen LogP contribution in [0, 0.1) is 0 Å². The highest BCUT2D eigenvalue weighted by molar-refractivity contribution is 5.56. The lowest BCUT2D eigenvalue weighted by Gasteiger charge is -2.27. The topological polar surface area (TPSA) is 35.5 Å². The molecule has 2 rings (SSSR count). The Hall–Kier alpha value is -1.06. The number of unbranched alkanes of at least 4 members (excludes halogenated alkanes) is 1. The van der Waals surface area contributed by atoms with E-state index in [0.29, 0.717) is 6.61 Å². The second kappa shape index (κ2) is 6.76. The van der Waals surface area contributed by atoms with E-state index in [1.165, 1.54) is 36.2 Å². The van der Waals surface area contributed by atoms with Crippen LogP contribution >= 0.6 is 0 Å². The fourth-order valence-electron chi connectivity index (χ4n) is 2.54. The van der Waals surface area contributed by atoms with Crippen molar-refractivity contribution in [1.82, 2.24) is 5.32 Å². The van der Waals surface area contributed by atoms with Gasteiger partial charge in [-0.05, 0) is 49.4 Å². The fourth-order valence-corrected chi connectivity index (χ4v) is 2.54. The number of nitrogens with one attached hydrogen (secondary N) is 1. The van der Waals surface area contributed by atoms with Crippen molar-refractivity contribution in [3.8, 4) is 0 Å². The first kappa shape index (κ1) is 13.4. The molecule has 3 nitrogen and oxygen atoms in total. The molecule has 1 aromatic carbocycles. The van der Waals surface area contributed by atoms with Gasteiger partial charge in [-0.3, -0.25) is 0 Å². The van der Waals surface area contributed by atoms with Crippen molar-refractivity contribution in [2.75, 3.05) is 31.6 Å². The lowest BCUT2D eigenvalue weighted by molar-refractivity contribution is 0.283. The van der Waals surface area contributed by atoms with Gasteiger partial charge in [0.1, 0.15) is 0 Å². The SMILES string of the molecule is CN1CCCc2cc(CNCCCCO)ccc21. The van der Waals surface area contributed by atoms with Crippen LogP contribution < -0.4 is 10.2 Å². The van der Waals surface area contributed by atoms with Gasteiger partial charge in [-0.1, -0.05) is 12.1 Å². The van der Waals surface area contributed by atoms with E-state index in [-0.39, 0.29) is 0 Å². The molecule has 0 fully saturated rings. The Morgan fingerprint density at radius 1 is 1.33 bits per heavy atom. The van der Waals surface area contributed by atoms with Gasteiger partial charge in [0.15, 0.2) is 0 Å². The zero-order valence-electron chi connectivity index (χ0n) is 11.3. The molecular formula is C15H24N2O. The van der Waals surface area contributed by atoms with Crippen LogP contribution in [0.2, 0.25) is 0 Å². The van der Waals surface area contributed by atoms with Crippen LogP contribution in [0.25, 0.3) is 0 Å². The van der Waals surface area contributed by atoms with Gasteiger partial charge in [-0.25, -0.2) is 0 Å². The molecule has 100 valence electrons. The van der Waals surface area contributed by atoms with Crippen LogP contribution in [-0.2, 0) is 13.0 Å². The Bertz CT molecular complexity index is 379. The van der Waals surface area contributed by atoms with Crippen LogP contribution in [0.3, 0.4) is 0 Å². The summed E-state index contributed by atoms with van der Waals surface area (Å²) in [6, 6.07) is 6.81. The molecule has 0 aromatic heterocycles. The number of aryl methyl sites for hydroxylation is 1. The Kier molecular flexibility index (Phi) is 5.02. The van der Waals surface area contributed by atoms with E-state index in [1.54, 1.807) is 0 Å². The van der Waals surface area contributed by atoms with Gasteiger partial charge in [-0.2, -0.15) is 0 Å². The van der Waals surface area contributed by atoms with Crippen molar-refractivity contribution in [2.24, 2.45) is 0 Å². The van der Waals surface area contributed by atoms with Crippen LogP contribution in [0.1, 0.15) is 30.4 Å². The molecule has 0 radical (unpaired) electrons. The molecule has 0 aliphatic carbocycles. The maximum Gasteiger partial charge on any atom is 0.0431 e. The van der Waals surface area contributed by atoms with Crippen molar-refractivity contribution in [3.63, 3.8) is 0 Å². The fraction of sp³-hybridized carbons (Fsp3) is 0.600. The van der Waals surface area contributed by atoms with Gasteiger partial charge >= 0.3 is 0 Å². The smallest absolute Gasteiger partial charge is 0.0431 e. The minimum absolute atomic E-state index is 0.298. The average Bonchev–Trinajstić information content (AvgIpc) is 2.39. The molecule has 1 aromatic rings. The summed E-state index contributed by atoms with van der Waals surface area (Å²) in [7, 11) is 2.17. The molecule has 0 saturated heterocycles. The molecule has 1 aliphatic rings. The summed E-state index contributed by atoms with van der Waals surface area (Å²) in [5, 5.41) is 12.1. The molecule has 3 heteroatoms. The number of anilines is 1. The number of aliphatic hydroxyl groups is 1. The second-order valence-corrected chi connectivity index (χ2v) is 5.10. The number of benzene rings is 1. The lowest BCUT2D eigenvalue weighted by Crippen LogP contribution is -2.25. The third kappa shape index (κ3) is 3.47. The van der Waals surface area contributed by atoms with E-state index in [9.17, 15) is 0 Å². The average molecular weight is 248 g/mol. The first-order valence-corrected chi connectivity index (χ1v) is 6.96. The lowest BCUT2D eigenvalue weighted by atomic mass is 9.99. The first-order chi connectivity index (χ1) is 8.81. The number of nitrogens with zero attached hydrogens (tertiary/aromatic N) is 1. The van der Waals surface area contributed by atoms with E-state index in [4.69, 9.17) is 5.11 Å². The quantitative estimate of drug-likeness (QED) is 0.755. The Morgan fingerprint density at radius 3 is 3.06 bits per heavy atom. The van der Waals surface area contributed by atoms with Gasteiger partial charge in [0.25, 0.3) is 0 Å². The van der Waals surface area contributed by atoms with Gasteiger partial charge in [0.2, 0.25) is 0 Å². The maximum absolute atomic E-state index is 8.71. The standard InChI is InChI=1S/C15H24N2O/c1-17-9-4-5-14-11-13(6-7-15(14)17)12-16-8-2-3-10-18/h6-7,11,16,18H,2-5,8-10,12H2,1H3. The summed E-state index contributed by atoms with van der Waals surface area (Å²) < 4.78 is 0. The van der Waals surface area contributed by atoms with Crippen molar-refractivity contribution in [1.29, 1.82) is 0 Å². The van der Waals surface area contributed by atoms with Crippen LogP contribution in [0.4, 0.5) is 5.69 Å². The van der Waals surface area contributed by atoms with E-state index < -0.39 is 0 Å². The highest BCUT2D eigenvalue weighted by Gasteiger charge is 2.13. The maximum atomic E-state index is 8.71. The second-order valence-electron chi connectivity index (χ2n) is 5.10. The van der Waals surface area contributed by atoms with Crippen LogP contribution in [-0.4, -0.2) is 31.9 Å². The minimum atomic E-state index is 0.298. The summed E-state index contributed by atoms with van der Waals surface area (Å²) in [5.41, 5.74) is 4.25. The summed E-state index contributed by atoms with van der Waals surface area (Å²) in [4.78, 5) is 2.34. The molecule has 1 heterocycles. The molecule has 0 spiro atoms. The Balaban J connectivity index is 1.87.